The maximum absolute atomic E-state index is 13.9. The highest BCUT2D eigenvalue weighted by molar-refractivity contribution is 6.06. The van der Waals surface area contributed by atoms with Gasteiger partial charge in [0.25, 0.3) is 11.8 Å². The van der Waals surface area contributed by atoms with Gasteiger partial charge in [-0.25, -0.2) is 9.37 Å². The average Bonchev–Trinajstić information content (AvgIpc) is 3.65. The fourth-order valence-electron chi connectivity index (χ4n) is 4.47. The summed E-state index contributed by atoms with van der Waals surface area (Å²) in [7, 11) is 0. The van der Waals surface area contributed by atoms with Gasteiger partial charge in [-0.15, -0.1) is 0 Å². The van der Waals surface area contributed by atoms with E-state index in [2.05, 4.69) is 15.6 Å². The standard InChI is InChI=1S/C32H31FN4O4/c1-21(2)18-35-31(38)24-15-23(16-26(17-24)40-14-13-37-12-11-34-20-37)30(22-7-9-25(33)10-8-22)36-32(39)28-19-41-29-6-4-3-5-27(28)29/h3-12,15-17,19-21,30H,13-14,18H2,1-2H3,(H,35,38)(H,36,39). The first-order chi connectivity index (χ1) is 19.9. The molecule has 5 aromatic rings. The Bertz CT molecular complexity index is 1630. The van der Waals surface area contributed by atoms with Crippen molar-refractivity contribution >= 4 is 22.8 Å². The van der Waals surface area contributed by atoms with Gasteiger partial charge in [0.1, 0.15) is 30.0 Å². The number of benzene rings is 3. The summed E-state index contributed by atoms with van der Waals surface area (Å²) in [5.74, 6) is -0.298. The van der Waals surface area contributed by atoms with Gasteiger partial charge < -0.3 is 24.4 Å². The molecule has 2 heterocycles. The van der Waals surface area contributed by atoms with E-state index >= 15 is 0 Å². The Morgan fingerprint density at radius 1 is 1.02 bits per heavy atom. The Morgan fingerprint density at radius 2 is 1.83 bits per heavy atom. The van der Waals surface area contributed by atoms with Gasteiger partial charge in [-0.1, -0.05) is 44.2 Å². The quantitative estimate of drug-likeness (QED) is 0.217. The summed E-state index contributed by atoms with van der Waals surface area (Å²) in [4.78, 5) is 30.8. The van der Waals surface area contributed by atoms with Crippen LogP contribution < -0.4 is 15.4 Å². The van der Waals surface area contributed by atoms with Gasteiger partial charge in [0.2, 0.25) is 0 Å². The number of imidazole rings is 1. The number of furan rings is 1. The number of rotatable bonds is 11. The van der Waals surface area contributed by atoms with Gasteiger partial charge in [-0.05, 0) is 53.4 Å². The van der Waals surface area contributed by atoms with Gasteiger partial charge >= 0.3 is 0 Å². The molecule has 41 heavy (non-hydrogen) atoms. The van der Waals surface area contributed by atoms with E-state index in [-0.39, 0.29) is 17.7 Å². The molecule has 0 aliphatic carbocycles. The molecule has 2 amide bonds. The number of carbonyl (C=O) groups is 2. The maximum Gasteiger partial charge on any atom is 0.255 e. The van der Waals surface area contributed by atoms with E-state index in [1.807, 2.05) is 42.8 Å². The second kappa shape index (κ2) is 12.5. The molecule has 1 atom stereocenters. The molecule has 2 aromatic heterocycles. The van der Waals surface area contributed by atoms with Crippen molar-refractivity contribution in [2.45, 2.75) is 26.4 Å². The zero-order valence-corrected chi connectivity index (χ0v) is 22.8. The Kier molecular flexibility index (Phi) is 8.43. The number of ether oxygens (including phenoxy) is 1. The molecule has 0 saturated carbocycles. The van der Waals surface area contributed by atoms with Crippen LogP contribution >= 0.6 is 0 Å². The van der Waals surface area contributed by atoms with Crippen LogP contribution in [0.1, 0.15) is 51.7 Å². The summed E-state index contributed by atoms with van der Waals surface area (Å²) in [5, 5.41) is 6.68. The van der Waals surface area contributed by atoms with Crippen molar-refractivity contribution in [1.29, 1.82) is 0 Å². The molecule has 0 radical (unpaired) electrons. The predicted molar refractivity (Wildman–Crippen MR) is 153 cm³/mol. The van der Waals surface area contributed by atoms with Gasteiger partial charge in [-0.2, -0.15) is 0 Å². The summed E-state index contributed by atoms with van der Waals surface area (Å²) in [5.41, 5.74) is 2.59. The zero-order chi connectivity index (χ0) is 28.8. The van der Waals surface area contributed by atoms with Crippen molar-refractivity contribution in [3.8, 4) is 5.75 Å². The van der Waals surface area contributed by atoms with Crippen LogP contribution in [0.2, 0.25) is 0 Å². The van der Waals surface area contributed by atoms with E-state index < -0.39 is 11.9 Å². The van der Waals surface area contributed by atoms with Crippen molar-refractivity contribution in [3.63, 3.8) is 0 Å². The largest absolute Gasteiger partial charge is 0.492 e. The van der Waals surface area contributed by atoms with Crippen LogP contribution in [0.5, 0.6) is 5.75 Å². The SMILES string of the molecule is CC(C)CNC(=O)c1cc(OCCn2ccnc2)cc(C(NC(=O)c2coc3ccccc23)c2ccc(F)cc2)c1. The zero-order valence-electron chi connectivity index (χ0n) is 22.8. The lowest BCUT2D eigenvalue weighted by Gasteiger charge is -2.22. The molecular formula is C32H31FN4O4. The topological polar surface area (TPSA) is 98.4 Å². The second-order valence-electron chi connectivity index (χ2n) is 10.1. The summed E-state index contributed by atoms with van der Waals surface area (Å²) in [6, 6.07) is 17.6. The highest BCUT2D eigenvalue weighted by atomic mass is 19.1. The third-order valence-corrected chi connectivity index (χ3v) is 6.58. The molecule has 0 saturated heterocycles. The molecule has 0 spiro atoms. The number of halogens is 1. The van der Waals surface area contributed by atoms with Crippen LogP contribution in [0.15, 0.2) is 96.1 Å². The average molecular weight is 555 g/mol. The Morgan fingerprint density at radius 3 is 2.59 bits per heavy atom. The normalized spacial score (nSPS) is 11.9. The number of amides is 2. The fraction of sp³-hybridized carbons (Fsp3) is 0.219. The Balaban J connectivity index is 1.50. The lowest BCUT2D eigenvalue weighted by molar-refractivity contribution is 0.0940. The summed E-state index contributed by atoms with van der Waals surface area (Å²) < 4.78 is 27.4. The monoisotopic (exact) mass is 554 g/mol. The van der Waals surface area contributed by atoms with Crippen LogP contribution in [0.4, 0.5) is 4.39 Å². The van der Waals surface area contributed by atoms with E-state index in [1.54, 1.807) is 48.9 Å². The minimum atomic E-state index is -0.717. The summed E-state index contributed by atoms with van der Waals surface area (Å²) in [6.07, 6.45) is 6.65. The first-order valence-electron chi connectivity index (χ1n) is 13.4. The van der Waals surface area contributed by atoms with Crippen LogP contribution in [0, 0.1) is 11.7 Å². The molecular weight excluding hydrogens is 523 g/mol. The third kappa shape index (κ3) is 6.81. The van der Waals surface area contributed by atoms with Gasteiger partial charge in [0.15, 0.2) is 0 Å². The van der Waals surface area contributed by atoms with E-state index in [0.717, 1.165) is 0 Å². The minimum Gasteiger partial charge on any atom is -0.492 e. The molecule has 0 fully saturated rings. The number of fused-ring (bicyclic) bond motifs is 1. The van der Waals surface area contributed by atoms with Crippen molar-refractivity contribution < 1.29 is 23.1 Å². The Hall–Kier alpha value is -4.92. The number of nitrogens with zero attached hydrogens (tertiary/aromatic N) is 2. The van der Waals surface area contributed by atoms with Gasteiger partial charge in [0.05, 0.1) is 24.5 Å². The minimum absolute atomic E-state index is 0.259. The maximum atomic E-state index is 13.9. The molecule has 9 heteroatoms. The summed E-state index contributed by atoms with van der Waals surface area (Å²) in [6.45, 7) is 5.43. The molecule has 3 aromatic carbocycles. The lowest BCUT2D eigenvalue weighted by Crippen LogP contribution is -2.30. The van der Waals surface area contributed by atoms with Crippen molar-refractivity contribution in [2.75, 3.05) is 13.2 Å². The number of hydrogen-bond donors (Lipinski definition) is 2. The van der Waals surface area contributed by atoms with Crippen molar-refractivity contribution in [1.82, 2.24) is 20.2 Å². The molecule has 0 aliphatic heterocycles. The molecule has 2 N–H and O–H groups in total. The summed E-state index contributed by atoms with van der Waals surface area (Å²) >= 11 is 0. The molecule has 210 valence electrons. The molecule has 1 unspecified atom stereocenters. The highest BCUT2D eigenvalue weighted by Crippen LogP contribution is 2.29. The van der Waals surface area contributed by atoms with Gasteiger partial charge in [-0.3, -0.25) is 9.59 Å². The number of aromatic nitrogens is 2. The molecule has 8 nitrogen and oxygen atoms in total. The number of nitrogens with one attached hydrogen (secondary N) is 2. The first kappa shape index (κ1) is 27.6. The van der Waals surface area contributed by atoms with Crippen LogP contribution in [0.3, 0.4) is 0 Å². The van der Waals surface area contributed by atoms with E-state index in [0.29, 0.717) is 58.7 Å². The molecule has 0 aliphatic rings. The molecule has 5 rings (SSSR count). The van der Waals surface area contributed by atoms with E-state index in [1.165, 1.54) is 18.4 Å². The van der Waals surface area contributed by atoms with Crippen LogP contribution in [-0.2, 0) is 6.54 Å². The van der Waals surface area contributed by atoms with E-state index in [9.17, 15) is 14.0 Å². The van der Waals surface area contributed by atoms with Gasteiger partial charge in [0, 0.05) is 29.9 Å². The number of hydrogen-bond acceptors (Lipinski definition) is 5. The highest BCUT2D eigenvalue weighted by Gasteiger charge is 2.23. The Labute approximate surface area is 237 Å². The lowest BCUT2D eigenvalue weighted by atomic mass is 9.95. The van der Waals surface area contributed by atoms with Crippen LogP contribution in [0.25, 0.3) is 11.0 Å². The fourth-order valence-corrected chi connectivity index (χ4v) is 4.47. The first-order valence-corrected chi connectivity index (χ1v) is 13.4. The predicted octanol–water partition coefficient (Wildman–Crippen LogP) is 5.75. The number of carbonyl (C=O) groups excluding carboxylic acids is 2. The van der Waals surface area contributed by atoms with Crippen molar-refractivity contribution in [3.05, 3.63) is 120 Å². The van der Waals surface area contributed by atoms with E-state index in [4.69, 9.17) is 9.15 Å². The van der Waals surface area contributed by atoms with Crippen LogP contribution in [-0.4, -0.2) is 34.5 Å². The number of para-hydroxylation sites is 1. The third-order valence-electron chi connectivity index (χ3n) is 6.58. The molecule has 0 bridgehead atoms. The second-order valence-corrected chi connectivity index (χ2v) is 10.1. The van der Waals surface area contributed by atoms with Crippen molar-refractivity contribution in [2.24, 2.45) is 5.92 Å². The smallest absolute Gasteiger partial charge is 0.255 e.